The predicted molar refractivity (Wildman–Crippen MR) is 99.8 cm³/mol. The molecule has 1 fully saturated rings. The van der Waals surface area contributed by atoms with Gasteiger partial charge in [0.15, 0.2) is 0 Å². The molecular weight excluding hydrogens is 294 g/mol. The second-order valence-electron chi connectivity index (χ2n) is 7.35. The lowest BCUT2D eigenvalue weighted by molar-refractivity contribution is -0.0105. The molecule has 2 aromatic rings. The zero-order valence-corrected chi connectivity index (χ0v) is 14.4. The maximum Gasteiger partial charge on any atom is 0.0880 e. The van der Waals surface area contributed by atoms with Crippen LogP contribution in [0.3, 0.4) is 0 Å². The van der Waals surface area contributed by atoms with Gasteiger partial charge in [-0.1, -0.05) is 79.9 Å². The molecule has 0 radical (unpaired) electrons. The van der Waals surface area contributed by atoms with Crippen molar-refractivity contribution in [2.24, 2.45) is 11.7 Å². The summed E-state index contributed by atoms with van der Waals surface area (Å²) in [5.41, 5.74) is 8.08. The first kappa shape index (κ1) is 17.2. The quantitative estimate of drug-likeness (QED) is 0.840. The standard InChI is InChI=1S/C22H29NO/c23-21(20-14-8-3-9-15-20)22(24,16-18-10-4-1-5-11-18)17-19-12-6-2-7-13-19/h1-2,4-7,10-13,20-21,24H,3,8-9,14-17,23H2/t21-/m1/s1. The van der Waals surface area contributed by atoms with E-state index in [9.17, 15) is 5.11 Å². The Balaban J connectivity index is 1.84. The van der Waals surface area contributed by atoms with Crippen LogP contribution < -0.4 is 5.73 Å². The van der Waals surface area contributed by atoms with Crippen molar-refractivity contribution in [3.8, 4) is 0 Å². The normalized spacial score (nSPS) is 17.6. The third kappa shape index (κ3) is 4.25. The molecular formula is C22H29NO. The molecule has 1 saturated carbocycles. The van der Waals surface area contributed by atoms with Crippen LogP contribution in [0.1, 0.15) is 43.2 Å². The van der Waals surface area contributed by atoms with Crippen molar-refractivity contribution in [1.82, 2.24) is 0 Å². The lowest BCUT2D eigenvalue weighted by Gasteiger charge is -2.40. The summed E-state index contributed by atoms with van der Waals surface area (Å²) in [6.45, 7) is 0. The van der Waals surface area contributed by atoms with E-state index in [1.54, 1.807) is 0 Å². The van der Waals surface area contributed by atoms with Crippen LogP contribution in [0.25, 0.3) is 0 Å². The SMILES string of the molecule is N[C@H](C1CCCCC1)C(O)(Cc1ccccc1)Cc1ccccc1. The van der Waals surface area contributed by atoms with Gasteiger partial charge >= 0.3 is 0 Å². The highest BCUT2D eigenvalue weighted by Gasteiger charge is 2.39. The van der Waals surface area contributed by atoms with Gasteiger partial charge < -0.3 is 10.8 Å². The summed E-state index contributed by atoms with van der Waals surface area (Å²) in [5, 5.41) is 11.6. The molecule has 0 aliphatic heterocycles. The van der Waals surface area contributed by atoms with Crippen LogP contribution in [0.2, 0.25) is 0 Å². The van der Waals surface area contributed by atoms with Crippen molar-refractivity contribution >= 4 is 0 Å². The molecule has 0 heterocycles. The van der Waals surface area contributed by atoms with E-state index in [4.69, 9.17) is 5.73 Å². The Morgan fingerprint density at radius 2 is 1.29 bits per heavy atom. The van der Waals surface area contributed by atoms with Gasteiger partial charge in [0.05, 0.1) is 5.60 Å². The van der Waals surface area contributed by atoms with Crippen molar-refractivity contribution in [3.63, 3.8) is 0 Å². The van der Waals surface area contributed by atoms with Gasteiger partial charge in [-0.25, -0.2) is 0 Å². The van der Waals surface area contributed by atoms with Crippen LogP contribution in [0.15, 0.2) is 60.7 Å². The molecule has 0 spiro atoms. The second kappa shape index (κ2) is 7.96. The Hall–Kier alpha value is -1.64. The van der Waals surface area contributed by atoms with Gasteiger partial charge in [-0.05, 0) is 29.9 Å². The molecule has 2 nitrogen and oxygen atoms in total. The zero-order valence-electron chi connectivity index (χ0n) is 14.4. The van der Waals surface area contributed by atoms with Gasteiger partial charge in [-0.2, -0.15) is 0 Å². The smallest absolute Gasteiger partial charge is 0.0880 e. The van der Waals surface area contributed by atoms with Crippen molar-refractivity contribution in [2.45, 2.75) is 56.6 Å². The lowest BCUT2D eigenvalue weighted by Crippen LogP contribution is -2.55. The number of aliphatic hydroxyl groups is 1. The number of hydrogen-bond donors (Lipinski definition) is 2. The molecule has 0 bridgehead atoms. The largest absolute Gasteiger partial charge is 0.388 e. The molecule has 1 aliphatic rings. The minimum atomic E-state index is -0.898. The Labute approximate surface area is 145 Å². The molecule has 0 aromatic heterocycles. The molecule has 2 aromatic carbocycles. The van der Waals surface area contributed by atoms with Gasteiger partial charge in [0.25, 0.3) is 0 Å². The molecule has 0 amide bonds. The average Bonchev–Trinajstić information content (AvgIpc) is 2.63. The lowest BCUT2D eigenvalue weighted by atomic mass is 9.72. The van der Waals surface area contributed by atoms with Gasteiger partial charge in [-0.3, -0.25) is 0 Å². The fraction of sp³-hybridized carbons (Fsp3) is 0.455. The van der Waals surface area contributed by atoms with Crippen molar-refractivity contribution in [2.75, 3.05) is 0 Å². The molecule has 0 unspecified atom stereocenters. The Kier molecular flexibility index (Phi) is 5.70. The van der Waals surface area contributed by atoms with Crippen LogP contribution in [-0.2, 0) is 12.8 Å². The van der Waals surface area contributed by atoms with Crippen LogP contribution in [0.4, 0.5) is 0 Å². The summed E-state index contributed by atoms with van der Waals surface area (Å²) >= 11 is 0. The summed E-state index contributed by atoms with van der Waals surface area (Å²) in [6.07, 6.45) is 7.30. The van der Waals surface area contributed by atoms with E-state index in [0.717, 1.165) is 24.0 Å². The van der Waals surface area contributed by atoms with E-state index in [2.05, 4.69) is 24.3 Å². The highest BCUT2D eigenvalue weighted by atomic mass is 16.3. The summed E-state index contributed by atoms with van der Waals surface area (Å²) in [5.74, 6) is 0.427. The van der Waals surface area contributed by atoms with Crippen LogP contribution in [0.5, 0.6) is 0 Å². The summed E-state index contributed by atoms with van der Waals surface area (Å²) in [7, 11) is 0. The number of benzene rings is 2. The molecule has 2 heteroatoms. The fourth-order valence-corrected chi connectivity index (χ4v) is 4.13. The summed E-state index contributed by atoms with van der Waals surface area (Å²) in [4.78, 5) is 0. The molecule has 24 heavy (non-hydrogen) atoms. The fourth-order valence-electron chi connectivity index (χ4n) is 4.13. The molecule has 128 valence electrons. The van der Waals surface area contributed by atoms with E-state index in [-0.39, 0.29) is 6.04 Å². The molecule has 3 N–H and O–H groups in total. The predicted octanol–water partition coefficient (Wildman–Crippen LogP) is 4.11. The highest BCUT2D eigenvalue weighted by Crippen LogP contribution is 2.33. The Bertz CT molecular complexity index is 563. The first-order valence-corrected chi connectivity index (χ1v) is 9.23. The van der Waals surface area contributed by atoms with Crippen molar-refractivity contribution < 1.29 is 5.11 Å². The minimum Gasteiger partial charge on any atom is -0.388 e. The zero-order chi connectivity index (χ0) is 16.8. The molecule has 1 aliphatic carbocycles. The average molecular weight is 323 g/mol. The third-order valence-corrected chi connectivity index (χ3v) is 5.48. The number of hydrogen-bond acceptors (Lipinski definition) is 2. The van der Waals surface area contributed by atoms with Crippen LogP contribution in [-0.4, -0.2) is 16.7 Å². The molecule has 1 atom stereocenters. The van der Waals surface area contributed by atoms with Gasteiger partial charge in [0, 0.05) is 18.9 Å². The van der Waals surface area contributed by atoms with E-state index in [1.807, 2.05) is 36.4 Å². The summed E-state index contributed by atoms with van der Waals surface area (Å²) in [6, 6.07) is 20.3. The Morgan fingerprint density at radius 1 is 0.833 bits per heavy atom. The van der Waals surface area contributed by atoms with E-state index >= 15 is 0 Å². The summed E-state index contributed by atoms with van der Waals surface area (Å²) < 4.78 is 0. The van der Waals surface area contributed by atoms with E-state index in [0.29, 0.717) is 18.8 Å². The van der Waals surface area contributed by atoms with Gasteiger partial charge in [-0.15, -0.1) is 0 Å². The molecule has 0 saturated heterocycles. The minimum absolute atomic E-state index is 0.182. The monoisotopic (exact) mass is 323 g/mol. The Morgan fingerprint density at radius 3 is 1.75 bits per heavy atom. The first-order valence-electron chi connectivity index (χ1n) is 9.23. The van der Waals surface area contributed by atoms with Crippen molar-refractivity contribution in [1.29, 1.82) is 0 Å². The van der Waals surface area contributed by atoms with E-state index < -0.39 is 5.60 Å². The second-order valence-corrected chi connectivity index (χ2v) is 7.35. The topological polar surface area (TPSA) is 46.2 Å². The van der Waals surface area contributed by atoms with Crippen molar-refractivity contribution in [3.05, 3.63) is 71.8 Å². The van der Waals surface area contributed by atoms with Gasteiger partial charge in [0.2, 0.25) is 0 Å². The highest BCUT2D eigenvalue weighted by molar-refractivity contribution is 5.23. The first-order chi connectivity index (χ1) is 11.7. The molecule has 3 rings (SSSR count). The van der Waals surface area contributed by atoms with Crippen LogP contribution >= 0.6 is 0 Å². The number of nitrogens with two attached hydrogens (primary N) is 1. The third-order valence-electron chi connectivity index (χ3n) is 5.48. The van der Waals surface area contributed by atoms with E-state index in [1.165, 1.54) is 19.3 Å². The maximum atomic E-state index is 11.6. The number of rotatable bonds is 6. The van der Waals surface area contributed by atoms with Gasteiger partial charge in [0.1, 0.15) is 0 Å². The maximum absolute atomic E-state index is 11.6. The van der Waals surface area contributed by atoms with Crippen LogP contribution in [0, 0.1) is 5.92 Å².